The number of benzene rings is 3. The van der Waals surface area contributed by atoms with E-state index in [1.165, 1.54) is 22.3 Å². The Morgan fingerprint density at radius 2 is 1.45 bits per heavy atom. The largest absolute Gasteiger partial charge is 0.352 e. The number of nitrogens with one attached hydrogen (secondary N) is 1. The summed E-state index contributed by atoms with van der Waals surface area (Å²) in [6, 6.07) is 24.6. The van der Waals surface area contributed by atoms with Crippen molar-refractivity contribution >= 4 is 16.7 Å². The van der Waals surface area contributed by atoms with E-state index in [1.54, 1.807) is 30.5 Å². The summed E-state index contributed by atoms with van der Waals surface area (Å²) in [5, 5.41) is 3.15. The first-order chi connectivity index (χ1) is 14.1. The van der Waals surface area contributed by atoms with Gasteiger partial charge < -0.3 is 5.32 Å². The van der Waals surface area contributed by atoms with Gasteiger partial charge in [-0.05, 0) is 58.9 Å². The molecule has 3 nitrogen and oxygen atoms in total. The lowest BCUT2D eigenvalue weighted by Crippen LogP contribution is -2.39. The number of carbonyl (C=O) groups excluding carboxylic acids is 1. The normalized spacial score (nSPS) is 22.4. The Morgan fingerprint density at radius 3 is 2.00 bits per heavy atom. The van der Waals surface area contributed by atoms with Crippen molar-refractivity contribution in [3.8, 4) is 0 Å². The van der Waals surface area contributed by atoms with E-state index >= 15 is 0 Å². The Bertz CT molecular complexity index is 1060. The molecule has 0 heterocycles. The summed E-state index contributed by atoms with van der Waals surface area (Å²) >= 11 is 0. The molecule has 0 saturated heterocycles. The topological polar surface area (TPSA) is 46.2 Å². The van der Waals surface area contributed by atoms with E-state index in [0.717, 1.165) is 11.3 Å². The second kappa shape index (κ2) is 7.27. The molecule has 0 radical (unpaired) electrons. The molecule has 2 unspecified atom stereocenters. The highest BCUT2D eigenvalue weighted by Crippen LogP contribution is 2.55. The SMILES string of the molecule is CS(=O)c1ccc(C(=O)NCC2CC3c4ccccc4C2c2ccccc23)cc1. The minimum absolute atomic E-state index is 0.0681. The number of amides is 1. The molecule has 0 spiro atoms. The summed E-state index contributed by atoms with van der Waals surface area (Å²) in [5.74, 6) is 1.06. The van der Waals surface area contributed by atoms with Crippen LogP contribution < -0.4 is 5.32 Å². The zero-order chi connectivity index (χ0) is 20.0. The second-order valence-electron chi connectivity index (χ2n) is 7.97. The van der Waals surface area contributed by atoms with E-state index in [4.69, 9.17) is 0 Å². The molecule has 0 aromatic heterocycles. The van der Waals surface area contributed by atoms with Gasteiger partial charge in [0.25, 0.3) is 5.91 Å². The molecule has 1 N–H and O–H groups in total. The molecule has 3 aliphatic rings. The van der Waals surface area contributed by atoms with Crippen LogP contribution in [0, 0.1) is 5.92 Å². The Balaban J connectivity index is 1.38. The highest BCUT2D eigenvalue weighted by atomic mass is 32.2. The minimum atomic E-state index is -1.03. The molecule has 3 aromatic carbocycles. The molecule has 1 amide bonds. The van der Waals surface area contributed by atoms with Gasteiger partial charge in [-0.15, -0.1) is 0 Å². The third kappa shape index (κ3) is 3.12. The number of rotatable bonds is 4. The molecule has 4 heteroatoms. The van der Waals surface area contributed by atoms with E-state index < -0.39 is 10.8 Å². The van der Waals surface area contributed by atoms with Crippen molar-refractivity contribution in [3.05, 3.63) is 101 Å². The molecule has 29 heavy (non-hydrogen) atoms. The summed E-state index contributed by atoms with van der Waals surface area (Å²) in [6.07, 6.45) is 2.70. The summed E-state index contributed by atoms with van der Waals surface area (Å²) in [6.45, 7) is 0.657. The van der Waals surface area contributed by atoms with Crippen molar-refractivity contribution in [2.45, 2.75) is 23.2 Å². The van der Waals surface area contributed by atoms with Gasteiger partial charge in [0, 0.05) is 45.9 Å². The van der Waals surface area contributed by atoms with Crippen LogP contribution in [0.2, 0.25) is 0 Å². The fourth-order valence-corrected chi connectivity index (χ4v) is 5.60. The summed E-state index contributed by atoms with van der Waals surface area (Å²) in [5.41, 5.74) is 6.33. The maximum Gasteiger partial charge on any atom is 0.251 e. The highest BCUT2D eigenvalue weighted by Gasteiger charge is 2.42. The lowest BCUT2D eigenvalue weighted by Gasteiger charge is -2.45. The molecule has 3 aromatic rings. The number of fused-ring (bicyclic) bond motifs is 1. The first kappa shape index (κ1) is 18.3. The first-order valence-corrected chi connectivity index (χ1v) is 11.6. The predicted molar refractivity (Wildman–Crippen MR) is 116 cm³/mol. The Labute approximate surface area is 173 Å². The van der Waals surface area contributed by atoms with Crippen LogP contribution in [0.5, 0.6) is 0 Å². The molecule has 2 atom stereocenters. The molecule has 146 valence electrons. The van der Waals surface area contributed by atoms with Crippen LogP contribution in [0.3, 0.4) is 0 Å². The van der Waals surface area contributed by atoms with E-state index in [1.807, 2.05) is 0 Å². The van der Waals surface area contributed by atoms with Crippen LogP contribution in [0.4, 0.5) is 0 Å². The molecule has 0 fully saturated rings. The quantitative estimate of drug-likeness (QED) is 0.702. The standard InChI is InChI=1S/C25H23NO2S/c1-29(28)18-12-10-16(11-13-18)25(27)26-15-17-14-23-19-6-2-4-8-21(19)24(17)22-9-5-3-7-20(22)23/h2-13,17,23-24H,14-15H2,1H3,(H,26,27). The molecule has 3 aliphatic carbocycles. The van der Waals surface area contributed by atoms with Gasteiger partial charge in [-0.3, -0.25) is 9.00 Å². The van der Waals surface area contributed by atoms with Crippen LogP contribution in [0.25, 0.3) is 0 Å². The van der Waals surface area contributed by atoms with E-state index in [-0.39, 0.29) is 5.91 Å². The third-order valence-electron chi connectivity index (χ3n) is 6.40. The molecular weight excluding hydrogens is 378 g/mol. The maximum absolute atomic E-state index is 12.7. The van der Waals surface area contributed by atoms with Crippen LogP contribution in [0.15, 0.2) is 77.7 Å². The van der Waals surface area contributed by atoms with Gasteiger partial charge >= 0.3 is 0 Å². The molecule has 6 rings (SSSR count). The lowest BCUT2D eigenvalue weighted by atomic mass is 9.59. The fraction of sp³-hybridized carbons (Fsp3) is 0.240. The number of hydrogen-bond donors (Lipinski definition) is 1. The maximum atomic E-state index is 12.7. The molecule has 2 bridgehead atoms. The van der Waals surface area contributed by atoms with Crippen LogP contribution in [-0.4, -0.2) is 22.9 Å². The van der Waals surface area contributed by atoms with E-state index in [2.05, 4.69) is 53.8 Å². The Kier molecular flexibility index (Phi) is 4.59. The average Bonchev–Trinajstić information content (AvgIpc) is 2.77. The van der Waals surface area contributed by atoms with Gasteiger partial charge in [0.05, 0.1) is 0 Å². The van der Waals surface area contributed by atoms with E-state index in [0.29, 0.717) is 29.9 Å². The predicted octanol–water partition coefficient (Wildman–Crippen LogP) is 4.45. The smallest absolute Gasteiger partial charge is 0.251 e. The van der Waals surface area contributed by atoms with Crippen LogP contribution in [-0.2, 0) is 10.8 Å². The number of hydrogen-bond acceptors (Lipinski definition) is 2. The lowest BCUT2D eigenvalue weighted by molar-refractivity contribution is 0.0943. The number of carbonyl (C=O) groups is 1. The van der Waals surface area contributed by atoms with Crippen molar-refractivity contribution in [2.24, 2.45) is 5.92 Å². The zero-order valence-corrected chi connectivity index (χ0v) is 17.1. The van der Waals surface area contributed by atoms with Crippen molar-refractivity contribution in [1.82, 2.24) is 5.32 Å². The molecular formula is C25H23NO2S. The van der Waals surface area contributed by atoms with Crippen molar-refractivity contribution in [2.75, 3.05) is 12.8 Å². The Morgan fingerprint density at radius 1 is 0.897 bits per heavy atom. The van der Waals surface area contributed by atoms with Crippen LogP contribution in [0.1, 0.15) is 50.9 Å². The highest BCUT2D eigenvalue weighted by molar-refractivity contribution is 7.84. The second-order valence-corrected chi connectivity index (χ2v) is 9.35. The van der Waals surface area contributed by atoms with Gasteiger partial charge in [0.2, 0.25) is 0 Å². The van der Waals surface area contributed by atoms with E-state index in [9.17, 15) is 9.00 Å². The average molecular weight is 402 g/mol. The Hall–Kier alpha value is -2.72. The van der Waals surface area contributed by atoms with Gasteiger partial charge in [0.15, 0.2) is 0 Å². The summed E-state index contributed by atoms with van der Waals surface area (Å²) in [4.78, 5) is 13.4. The fourth-order valence-electron chi connectivity index (χ4n) is 5.08. The van der Waals surface area contributed by atoms with Crippen LogP contribution >= 0.6 is 0 Å². The zero-order valence-electron chi connectivity index (χ0n) is 16.3. The first-order valence-electron chi connectivity index (χ1n) is 10.0. The van der Waals surface area contributed by atoms with Gasteiger partial charge in [-0.2, -0.15) is 0 Å². The van der Waals surface area contributed by atoms with Gasteiger partial charge in [-0.1, -0.05) is 48.5 Å². The van der Waals surface area contributed by atoms with Crippen molar-refractivity contribution in [1.29, 1.82) is 0 Å². The van der Waals surface area contributed by atoms with Gasteiger partial charge in [-0.25, -0.2) is 0 Å². The molecule has 0 saturated carbocycles. The molecule has 0 aliphatic heterocycles. The monoisotopic (exact) mass is 401 g/mol. The summed E-state index contributed by atoms with van der Waals surface area (Å²) in [7, 11) is -1.03. The third-order valence-corrected chi connectivity index (χ3v) is 7.33. The minimum Gasteiger partial charge on any atom is -0.352 e. The van der Waals surface area contributed by atoms with Crippen molar-refractivity contribution < 1.29 is 9.00 Å². The summed E-state index contributed by atoms with van der Waals surface area (Å²) < 4.78 is 11.5. The van der Waals surface area contributed by atoms with Crippen molar-refractivity contribution in [3.63, 3.8) is 0 Å². The van der Waals surface area contributed by atoms with Gasteiger partial charge in [0.1, 0.15) is 0 Å².